The summed E-state index contributed by atoms with van der Waals surface area (Å²) < 4.78 is 5.79. The summed E-state index contributed by atoms with van der Waals surface area (Å²) in [5.74, 6) is -0.386. The third-order valence-electron chi connectivity index (χ3n) is 4.21. The quantitative estimate of drug-likeness (QED) is 0.922. The third-order valence-corrected chi connectivity index (χ3v) is 4.21. The van der Waals surface area contributed by atoms with Crippen LogP contribution in [0.4, 0.5) is 0 Å². The Kier molecular flexibility index (Phi) is 5.40. The summed E-state index contributed by atoms with van der Waals surface area (Å²) in [5, 5.41) is 2.75. The number of amides is 2. The van der Waals surface area contributed by atoms with Crippen molar-refractivity contribution in [2.75, 3.05) is 19.7 Å². The zero-order chi connectivity index (χ0) is 17.6. The third kappa shape index (κ3) is 4.22. The highest BCUT2D eigenvalue weighted by Crippen LogP contribution is 2.22. The van der Waals surface area contributed by atoms with Gasteiger partial charge in [-0.2, -0.15) is 0 Å². The lowest BCUT2D eigenvalue weighted by Gasteiger charge is -2.34. The first-order valence-corrected chi connectivity index (χ1v) is 8.31. The topological polar surface area (TPSA) is 71.5 Å². The van der Waals surface area contributed by atoms with E-state index in [1.54, 1.807) is 36.4 Å². The first kappa shape index (κ1) is 17.1. The van der Waals surface area contributed by atoms with Gasteiger partial charge in [-0.05, 0) is 24.6 Å². The van der Waals surface area contributed by atoms with E-state index in [1.807, 2.05) is 30.3 Å². The Hall–Kier alpha value is -2.73. The number of pyridine rings is 1. The highest BCUT2D eigenvalue weighted by molar-refractivity contribution is 5.97. The van der Waals surface area contributed by atoms with Gasteiger partial charge in [-0.15, -0.1) is 0 Å². The molecule has 6 heteroatoms. The predicted molar refractivity (Wildman–Crippen MR) is 92.9 cm³/mol. The average molecular weight is 339 g/mol. The first-order chi connectivity index (χ1) is 12.1. The largest absolute Gasteiger partial charge is 0.370 e. The van der Waals surface area contributed by atoms with Crippen molar-refractivity contribution in [1.29, 1.82) is 0 Å². The number of aromatic nitrogens is 1. The Morgan fingerprint density at radius 1 is 1.20 bits per heavy atom. The van der Waals surface area contributed by atoms with E-state index in [0.717, 1.165) is 5.56 Å². The molecule has 1 aliphatic rings. The van der Waals surface area contributed by atoms with E-state index in [1.165, 1.54) is 0 Å². The lowest BCUT2D eigenvalue weighted by molar-refractivity contribution is -0.140. The van der Waals surface area contributed by atoms with Crippen molar-refractivity contribution in [2.45, 2.75) is 19.1 Å². The Morgan fingerprint density at radius 3 is 2.64 bits per heavy atom. The maximum Gasteiger partial charge on any atom is 0.252 e. The number of ether oxygens (including phenoxy) is 1. The van der Waals surface area contributed by atoms with Crippen molar-refractivity contribution < 1.29 is 14.3 Å². The van der Waals surface area contributed by atoms with Crippen LogP contribution in [-0.4, -0.2) is 47.4 Å². The van der Waals surface area contributed by atoms with E-state index in [2.05, 4.69) is 10.3 Å². The zero-order valence-corrected chi connectivity index (χ0v) is 14.1. The van der Waals surface area contributed by atoms with Gasteiger partial charge in [0.1, 0.15) is 12.1 Å². The summed E-state index contributed by atoms with van der Waals surface area (Å²) in [6, 6.07) is 12.5. The van der Waals surface area contributed by atoms with Crippen molar-refractivity contribution in [3.8, 4) is 0 Å². The van der Waals surface area contributed by atoms with Crippen LogP contribution in [0.1, 0.15) is 28.9 Å². The van der Waals surface area contributed by atoms with Gasteiger partial charge in [-0.25, -0.2) is 0 Å². The molecule has 2 aromatic rings. The average Bonchev–Trinajstić information content (AvgIpc) is 2.68. The van der Waals surface area contributed by atoms with Crippen molar-refractivity contribution in [1.82, 2.24) is 15.2 Å². The zero-order valence-electron chi connectivity index (χ0n) is 14.1. The van der Waals surface area contributed by atoms with Crippen LogP contribution in [0.15, 0.2) is 54.9 Å². The molecule has 25 heavy (non-hydrogen) atoms. The van der Waals surface area contributed by atoms with Crippen LogP contribution in [0, 0.1) is 0 Å². The molecule has 0 bridgehead atoms. The van der Waals surface area contributed by atoms with Gasteiger partial charge in [-0.3, -0.25) is 14.6 Å². The summed E-state index contributed by atoms with van der Waals surface area (Å²) in [5.41, 5.74) is 1.53. The van der Waals surface area contributed by atoms with Crippen LogP contribution in [0.5, 0.6) is 0 Å². The van der Waals surface area contributed by atoms with Crippen molar-refractivity contribution in [2.24, 2.45) is 0 Å². The number of carbonyl (C=O) groups is 2. The molecule has 1 aliphatic heterocycles. The maximum atomic E-state index is 12.7. The van der Waals surface area contributed by atoms with Crippen molar-refractivity contribution >= 4 is 11.8 Å². The molecule has 1 saturated heterocycles. The van der Waals surface area contributed by atoms with Crippen LogP contribution in [0.3, 0.4) is 0 Å². The lowest BCUT2D eigenvalue weighted by Crippen LogP contribution is -2.51. The van der Waals surface area contributed by atoms with E-state index >= 15 is 0 Å². The maximum absolute atomic E-state index is 12.7. The molecule has 1 N–H and O–H groups in total. The number of hydrogen-bond donors (Lipinski definition) is 1. The number of morpholine rings is 1. The first-order valence-electron chi connectivity index (χ1n) is 8.31. The summed E-state index contributed by atoms with van der Waals surface area (Å²) in [6.45, 7) is 3.20. The monoisotopic (exact) mass is 339 g/mol. The standard InChI is InChI=1S/C19H21N3O3/c1-14(21-18(23)16-7-9-20-10-8-16)19(24)22-11-12-25-17(13-22)15-5-3-2-4-6-15/h2-10,14,17H,11-13H2,1H3,(H,21,23)/t14-,17?/m1/s1. The Balaban J connectivity index is 1.61. The van der Waals surface area contributed by atoms with Gasteiger partial charge < -0.3 is 15.0 Å². The molecular weight excluding hydrogens is 318 g/mol. The second-order valence-electron chi connectivity index (χ2n) is 5.99. The second kappa shape index (κ2) is 7.90. The number of nitrogens with zero attached hydrogens (tertiary/aromatic N) is 2. The minimum absolute atomic E-state index is 0.105. The summed E-state index contributed by atoms with van der Waals surface area (Å²) in [7, 11) is 0. The molecule has 2 amide bonds. The van der Waals surface area contributed by atoms with E-state index in [0.29, 0.717) is 25.3 Å². The Bertz CT molecular complexity index is 721. The Labute approximate surface area is 146 Å². The molecule has 0 radical (unpaired) electrons. The Morgan fingerprint density at radius 2 is 1.92 bits per heavy atom. The van der Waals surface area contributed by atoms with Crippen molar-refractivity contribution in [3.63, 3.8) is 0 Å². The fraction of sp³-hybridized carbons (Fsp3) is 0.316. The van der Waals surface area contributed by atoms with Crippen LogP contribution >= 0.6 is 0 Å². The van der Waals surface area contributed by atoms with Gasteiger partial charge in [0, 0.05) is 24.5 Å². The number of benzene rings is 1. The van der Waals surface area contributed by atoms with E-state index in [9.17, 15) is 9.59 Å². The van der Waals surface area contributed by atoms with Crippen LogP contribution in [0.2, 0.25) is 0 Å². The fourth-order valence-electron chi connectivity index (χ4n) is 2.84. The number of nitrogens with one attached hydrogen (secondary N) is 1. The predicted octanol–water partition coefficient (Wildman–Crippen LogP) is 1.80. The molecule has 1 aromatic heterocycles. The molecule has 1 unspecified atom stereocenters. The lowest BCUT2D eigenvalue weighted by atomic mass is 10.1. The molecule has 130 valence electrons. The minimum atomic E-state index is -0.602. The highest BCUT2D eigenvalue weighted by atomic mass is 16.5. The van der Waals surface area contributed by atoms with Crippen molar-refractivity contribution in [3.05, 3.63) is 66.0 Å². The highest BCUT2D eigenvalue weighted by Gasteiger charge is 2.28. The molecule has 0 saturated carbocycles. The van der Waals surface area contributed by atoms with E-state index in [-0.39, 0.29) is 17.9 Å². The van der Waals surface area contributed by atoms with Crippen LogP contribution in [0.25, 0.3) is 0 Å². The van der Waals surface area contributed by atoms with E-state index < -0.39 is 6.04 Å². The normalized spacial score (nSPS) is 18.4. The molecule has 2 heterocycles. The molecule has 0 aliphatic carbocycles. The molecule has 1 aromatic carbocycles. The number of carbonyl (C=O) groups excluding carboxylic acids is 2. The molecule has 1 fully saturated rings. The smallest absolute Gasteiger partial charge is 0.252 e. The van der Waals surface area contributed by atoms with Gasteiger partial charge in [0.15, 0.2) is 0 Å². The molecule has 2 atom stereocenters. The van der Waals surface area contributed by atoms with Gasteiger partial charge in [0.2, 0.25) is 5.91 Å². The number of rotatable bonds is 4. The minimum Gasteiger partial charge on any atom is -0.370 e. The SMILES string of the molecule is C[C@@H](NC(=O)c1ccncc1)C(=O)N1CCOC(c2ccccc2)C1. The fourth-order valence-corrected chi connectivity index (χ4v) is 2.84. The summed E-state index contributed by atoms with van der Waals surface area (Å²) in [6.07, 6.45) is 2.96. The van der Waals surface area contributed by atoms with Crippen LogP contribution < -0.4 is 5.32 Å². The van der Waals surface area contributed by atoms with Gasteiger partial charge >= 0.3 is 0 Å². The number of hydrogen-bond acceptors (Lipinski definition) is 4. The van der Waals surface area contributed by atoms with E-state index in [4.69, 9.17) is 4.74 Å². The van der Waals surface area contributed by atoms with Crippen LogP contribution in [-0.2, 0) is 9.53 Å². The summed E-state index contributed by atoms with van der Waals surface area (Å²) >= 11 is 0. The second-order valence-corrected chi connectivity index (χ2v) is 5.99. The van der Waals surface area contributed by atoms with Gasteiger partial charge in [0.05, 0.1) is 13.2 Å². The van der Waals surface area contributed by atoms with Gasteiger partial charge in [0.25, 0.3) is 5.91 Å². The molecule has 3 rings (SSSR count). The van der Waals surface area contributed by atoms with Gasteiger partial charge in [-0.1, -0.05) is 30.3 Å². The molecular formula is C19H21N3O3. The summed E-state index contributed by atoms with van der Waals surface area (Å²) in [4.78, 5) is 30.5. The molecule has 6 nitrogen and oxygen atoms in total. The molecule has 0 spiro atoms.